The molecule has 82 valence electrons. The van der Waals surface area contributed by atoms with Gasteiger partial charge in [-0.15, -0.1) is 0 Å². The van der Waals surface area contributed by atoms with Crippen LogP contribution in [0.25, 0.3) is 21.5 Å². The molecule has 0 spiro atoms. The van der Waals surface area contributed by atoms with Crippen molar-refractivity contribution < 1.29 is 0 Å². The predicted molar refractivity (Wildman–Crippen MR) is 73.3 cm³/mol. The first-order valence-electron chi connectivity index (χ1n) is 6.06. The van der Waals surface area contributed by atoms with Gasteiger partial charge in [0.2, 0.25) is 0 Å². The highest BCUT2D eigenvalue weighted by molar-refractivity contribution is 6.14. The van der Waals surface area contributed by atoms with Gasteiger partial charge < -0.3 is 5.73 Å². The van der Waals surface area contributed by atoms with Crippen LogP contribution < -0.4 is 5.73 Å². The molecule has 1 heteroatoms. The molecule has 0 fully saturated rings. The quantitative estimate of drug-likeness (QED) is 0.453. The molecule has 17 heavy (non-hydrogen) atoms. The van der Waals surface area contributed by atoms with E-state index in [9.17, 15) is 0 Å². The van der Waals surface area contributed by atoms with Gasteiger partial charge in [0.15, 0.2) is 0 Å². The molecular formula is C16H13N. The van der Waals surface area contributed by atoms with Crippen molar-refractivity contribution in [3.05, 3.63) is 53.6 Å². The summed E-state index contributed by atoms with van der Waals surface area (Å²) in [6.07, 6.45) is 2.28. The van der Waals surface area contributed by atoms with Gasteiger partial charge in [-0.1, -0.05) is 36.4 Å². The van der Waals surface area contributed by atoms with Gasteiger partial charge >= 0.3 is 0 Å². The van der Waals surface area contributed by atoms with Gasteiger partial charge in [-0.05, 0) is 46.2 Å². The monoisotopic (exact) mass is 219 g/mol. The Kier molecular flexibility index (Phi) is 1.60. The second-order valence-electron chi connectivity index (χ2n) is 4.82. The first-order chi connectivity index (χ1) is 8.34. The maximum absolute atomic E-state index is 6.09. The molecule has 0 bridgehead atoms. The van der Waals surface area contributed by atoms with Gasteiger partial charge in [-0.25, -0.2) is 0 Å². The molecule has 0 aromatic heterocycles. The van der Waals surface area contributed by atoms with Crippen molar-refractivity contribution >= 4 is 27.2 Å². The molecule has 0 saturated heterocycles. The van der Waals surface area contributed by atoms with Crippen molar-refractivity contribution in [2.75, 3.05) is 5.73 Å². The molecule has 4 rings (SSSR count). The third-order valence-electron chi connectivity index (χ3n) is 3.89. The highest BCUT2D eigenvalue weighted by Crippen LogP contribution is 2.37. The lowest BCUT2D eigenvalue weighted by Gasteiger charge is -2.19. The Balaban J connectivity index is 2.39. The molecule has 0 atom stereocenters. The van der Waals surface area contributed by atoms with E-state index in [1.54, 1.807) is 0 Å². The van der Waals surface area contributed by atoms with Crippen molar-refractivity contribution in [1.29, 1.82) is 0 Å². The van der Waals surface area contributed by atoms with Crippen molar-refractivity contribution in [3.8, 4) is 0 Å². The number of nitrogens with two attached hydrogens (primary N) is 1. The summed E-state index contributed by atoms with van der Waals surface area (Å²) in [7, 11) is 0. The fourth-order valence-electron chi connectivity index (χ4n) is 3.08. The van der Waals surface area contributed by atoms with Crippen molar-refractivity contribution in [2.24, 2.45) is 0 Å². The fraction of sp³-hybridized carbons (Fsp3) is 0.125. The predicted octanol–water partition coefficient (Wildman–Crippen LogP) is 3.67. The first-order valence-corrected chi connectivity index (χ1v) is 6.06. The molecule has 0 saturated carbocycles. The molecule has 3 aromatic rings. The van der Waals surface area contributed by atoms with Crippen molar-refractivity contribution in [2.45, 2.75) is 12.8 Å². The summed E-state index contributed by atoms with van der Waals surface area (Å²) in [6.45, 7) is 0. The van der Waals surface area contributed by atoms with E-state index in [1.165, 1.54) is 32.7 Å². The minimum atomic E-state index is 0.891. The van der Waals surface area contributed by atoms with Gasteiger partial charge in [0.1, 0.15) is 0 Å². The zero-order valence-corrected chi connectivity index (χ0v) is 9.53. The highest BCUT2D eigenvalue weighted by atomic mass is 14.5. The van der Waals surface area contributed by atoms with Gasteiger partial charge in [0.25, 0.3) is 0 Å². The smallest absolute Gasteiger partial charge is 0.0394 e. The van der Waals surface area contributed by atoms with Crippen LogP contribution >= 0.6 is 0 Å². The van der Waals surface area contributed by atoms with Crippen LogP contribution in [-0.2, 0) is 12.8 Å². The summed E-state index contributed by atoms with van der Waals surface area (Å²) >= 11 is 0. The second-order valence-corrected chi connectivity index (χ2v) is 4.82. The Bertz CT molecular complexity index is 756. The molecule has 0 radical (unpaired) electrons. The number of anilines is 1. The summed E-state index contributed by atoms with van der Waals surface area (Å²) in [5.74, 6) is 0. The van der Waals surface area contributed by atoms with Gasteiger partial charge in [0.05, 0.1) is 0 Å². The normalized spacial score (nSPS) is 13.6. The molecular weight excluding hydrogens is 206 g/mol. The molecule has 1 nitrogen and oxygen atoms in total. The van der Waals surface area contributed by atoms with Crippen LogP contribution in [0, 0.1) is 0 Å². The summed E-state index contributed by atoms with van der Waals surface area (Å²) in [6, 6.07) is 15.2. The first kappa shape index (κ1) is 9.06. The van der Waals surface area contributed by atoms with Crippen molar-refractivity contribution in [1.82, 2.24) is 0 Å². The van der Waals surface area contributed by atoms with E-state index in [2.05, 4.69) is 36.4 Å². The summed E-state index contributed by atoms with van der Waals surface area (Å²) in [5, 5.41) is 5.34. The van der Waals surface area contributed by atoms with E-state index in [-0.39, 0.29) is 0 Å². The number of hydrogen-bond acceptors (Lipinski definition) is 1. The van der Waals surface area contributed by atoms with Crippen LogP contribution in [0.2, 0.25) is 0 Å². The Labute approximate surface area is 99.9 Å². The van der Waals surface area contributed by atoms with Gasteiger partial charge in [-0.3, -0.25) is 0 Å². The Morgan fingerprint density at radius 2 is 1.59 bits per heavy atom. The van der Waals surface area contributed by atoms with E-state index in [1.807, 2.05) is 6.07 Å². The maximum Gasteiger partial charge on any atom is 0.0394 e. The SMILES string of the molecule is Nc1ccc2c3c1ccc1cccc(c13)CC2. The second kappa shape index (κ2) is 3.01. The molecule has 0 heterocycles. The molecule has 1 aliphatic rings. The van der Waals surface area contributed by atoms with Crippen LogP contribution in [0.15, 0.2) is 42.5 Å². The largest absolute Gasteiger partial charge is 0.398 e. The number of aryl methyl sites for hydroxylation is 2. The van der Waals surface area contributed by atoms with E-state index in [0.717, 1.165) is 18.5 Å². The standard InChI is InChI=1S/C16H13N/c17-14-9-7-12-5-4-10-2-1-3-11-6-8-13(14)16(12)15(10)11/h1-3,6-9H,4-5,17H2. The van der Waals surface area contributed by atoms with E-state index in [4.69, 9.17) is 5.73 Å². The summed E-state index contributed by atoms with van der Waals surface area (Å²) in [4.78, 5) is 0. The third-order valence-corrected chi connectivity index (χ3v) is 3.89. The Hall–Kier alpha value is -2.02. The lowest BCUT2D eigenvalue weighted by molar-refractivity contribution is 0.968. The van der Waals surface area contributed by atoms with Crippen LogP contribution in [0.1, 0.15) is 11.1 Å². The minimum Gasteiger partial charge on any atom is -0.398 e. The van der Waals surface area contributed by atoms with E-state index in [0.29, 0.717) is 0 Å². The van der Waals surface area contributed by atoms with E-state index < -0.39 is 0 Å². The average Bonchev–Trinajstić information content (AvgIpc) is 2.38. The van der Waals surface area contributed by atoms with Crippen LogP contribution in [-0.4, -0.2) is 0 Å². The van der Waals surface area contributed by atoms with Gasteiger partial charge in [-0.2, -0.15) is 0 Å². The lowest BCUT2D eigenvalue weighted by atomic mass is 9.86. The highest BCUT2D eigenvalue weighted by Gasteiger charge is 2.15. The lowest BCUT2D eigenvalue weighted by Crippen LogP contribution is -2.02. The summed E-state index contributed by atoms with van der Waals surface area (Å²) in [5.41, 5.74) is 9.89. The maximum atomic E-state index is 6.09. The molecule has 1 aliphatic carbocycles. The third kappa shape index (κ3) is 1.09. The van der Waals surface area contributed by atoms with Crippen LogP contribution in [0.3, 0.4) is 0 Å². The zero-order valence-electron chi connectivity index (χ0n) is 9.53. The van der Waals surface area contributed by atoms with Crippen LogP contribution in [0.5, 0.6) is 0 Å². The van der Waals surface area contributed by atoms with Crippen LogP contribution in [0.4, 0.5) is 5.69 Å². The van der Waals surface area contributed by atoms with Gasteiger partial charge in [0, 0.05) is 11.1 Å². The minimum absolute atomic E-state index is 0.891. The molecule has 0 unspecified atom stereocenters. The molecule has 3 aromatic carbocycles. The number of nitrogen functional groups attached to an aromatic ring is 1. The Morgan fingerprint density at radius 3 is 2.47 bits per heavy atom. The number of rotatable bonds is 0. The van der Waals surface area contributed by atoms with Crippen molar-refractivity contribution in [3.63, 3.8) is 0 Å². The Morgan fingerprint density at radius 1 is 0.765 bits per heavy atom. The number of hydrogen-bond donors (Lipinski definition) is 1. The molecule has 2 N–H and O–H groups in total. The number of benzene rings is 3. The fourth-order valence-corrected chi connectivity index (χ4v) is 3.08. The molecule has 0 amide bonds. The zero-order chi connectivity index (χ0) is 11.4. The summed E-state index contributed by atoms with van der Waals surface area (Å²) < 4.78 is 0. The average molecular weight is 219 g/mol. The van der Waals surface area contributed by atoms with E-state index >= 15 is 0 Å². The topological polar surface area (TPSA) is 26.0 Å². The molecule has 0 aliphatic heterocycles.